The van der Waals surface area contributed by atoms with Gasteiger partial charge in [0, 0.05) is 15.7 Å². The third kappa shape index (κ3) is 4.70. The van der Waals surface area contributed by atoms with Crippen molar-refractivity contribution in [3.63, 3.8) is 0 Å². The van der Waals surface area contributed by atoms with Gasteiger partial charge in [-0.15, -0.1) is 0 Å². The Bertz CT molecular complexity index is 750. The molecule has 1 aliphatic rings. The number of carboxylic acids is 1. The van der Waals surface area contributed by atoms with E-state index < -0.39 is 24.6 Å². The van der Waals surface area contributed by atoms with Crippen molar-refractivity contribution >= 4 is 45.2 Å². The second kappa shape index (κ2) is 8.30. The number of benzene rings is 1. The highest BCUT2D eigenvalue weighted by molar-refractivity contribution is 9.10. The maximum atomic E-state index is 12.4. The van der Waals surface area contributed by atoms with Crippen LogP contribution in [0.5, 0.6) is 5.75 Å². The van der Waals surface area contributed by atoms with Crippen molar-refractivity contribution in [2.24, 2.45) is 0 Å². The molecule has 1 heterocycles. The fourth-order valence-corrected chi connectivity index (χ4v) is 3.07. The molecule has 0 bridgehead atoms. The first-order chi connectivity index (χ1) is 11.8. The third-order valence-electron chi connectivity index (χ3n) is 3.40. The average molecular weight is 429 g/mol. The summed E-state index contributed by atoms with van der Waals surface area (Å²) in [6.07, 6.45) is 0. The number of carbonyl (C=O) groups excluding carboxylic acids is 1. The average Bonchev–Trinajstić information content (AvgIpc) is 2.52. The minimum Gasteiger partial charge on any atom is -0.482 e. The van der Waals surface area contributed by atoms with Crippen LogP contribution in [0.1, 0.15) is 25.5 Å². The number of rotatable bonds is 6. The van der Waals surface area contributed by atoms with E-state index in [1.807, 2.05) is 0 Å². The molecule has 0 aromatic heterocycles. The second-order valence-corrected chi connectivity index (χ2v) is 6.48. The van der Waals surface area contributed by atoms with Gasteiger partial charge in [-0.2, -0.15) is 0 Å². The molecule has 0 saturated carbocycles. The molecule has 1 aromatic rings. The number of carboxylic acid groups (broad SMARTS) is 1. The van der Waals surface area contributed by atoms with E-state index in [2.05, 4.69) is 26.6 Å². The van der Waals surface area contributed by atoms with Gasteiger partial charge >= 0.3 is 11.9 Å². The quantitative estimate of drug-likeness (QED) is 0.468. The van der Waals surface area contributed by atoms with Crippen LogP contribution in [-0.4, -0.2) is 35.4 Å². The molecule has 3 N–H and O–H groups in total. The van der Waals surface area contributed by atoms with Crippen molar-refractivity contribution in [2.75, 3.05) is 13.2 Å². The summed E-state index contributed by atoms with van der Waals surface area (Å²) in [6.45, 7) is 3.18. The largest absolute Gasteiger partial charge is 0.482 e. The lowest BCUT2D eigenvalue weighted by atomic mass is 9.95. The fourth-order valence-electron chi connectivity index (χ4n) is 2.42. The molecule has 0 unspecified atom stereocenters. The van der Waals surface area contributed by atoms with E-state index in [-0.39, 0.29) is 6.61 Å². The van der Waals surface area contributed by atoms with Gasteiger partial charge in [0.25, 0.3) is 0 Å². The molecule has 0 spiro atoms. The minimum absolute atomic E-state index is 0.230. The highest BCUT2D eigenvalue weighted by Crippen LogP contribution is 2.35. The van der Waals surface area contributed by atoms with Crippen molar-refractivity contribution in [1.82, 2.24) is 10.6 Å². The molecule has 1 atom stereocenters. The van der Waals surface area contributed by atoms with E-state index in [0.717, 1.165) is 4.47 Å². The molecule has 9 heteroatoms. The van der Waals surface area contributed by atoms with Crippen LogP contribution in [0.2, 0.25) is 0 Å². The first-order valence-electron chi connectivity index (χ1n) is 7.43. The number of halogens is 1. The Labute approximate surface area is 158 Å². The molecule has 7 nitrogen and oxygen atoms in total. The Morgan fingerprint density at radius 1 is 1.40 bits per heavy atom. The Kier molecular flexibility index (Phi) is 6.38. The lowest BCUT2D eigenvalue weighted by molar-refractivity contribution is -0.140. The van der Waals surface area contributed by atoms with Crippen molar-refractivity contribution < 1.29 is 24.2 Å². The molecule has 0 fully saturated rings. The van der Waals surface area contributed by atoms with Gasteiger partial charge in [0.05, 0.1) is 18.2 Å². The molecular formula is C16H17BrN2O5S. The number of hydrogen-bond donors (Lipinski definition) is 3. The summed E-state index contributed by atoms with van der Waals surface area (Å²) in [7, 11) is 0. The van der Waals surface area contributed by atoms with Crippen LogP contribution in [0.4, 0.5) is 0 Å². The smallest absolute Gasteiger partial charge is 0.341 e. The molecule has 0 radical (unpaired) electrons. The topological polar surface area (TPSA) is 96.9 Å². The predicted molar refractivity (Wildman–Crippen MR) is 98.2 cm³/mol. The Morgan fingerprint density at radius 3 is 2.76 bits per heavy atom. The SMILES string of the molecule is CCOC(=O)C1=C(C)NC(=S)N[C@H]1c1cc(Br)ccc1OCC(=O)O. The summed E-state index contributed by atoms with van der Waals surface area (Å²) in [4.78, 5) is 23.2. The zero-order valence-corrected chi connectivity index (χ0v) is 16.0. The van der Waals surface area contributed by atoms with Gasteiger partial charge in [-0.05, 0) is 44.3 Å². The number of thiocarbonyl (C=S) groups is 1. The normalized spacial score (nSPS) is 16.8. The highest BCUT2D eigenvalue weighted by Gasteiger charge is 2.33. The van der Waals surface area contributed by atoms with Crippen molar-refractivity contribution in [3.05, 3.63) is 39.5 Å². The molecular weight excluding hydrogens is 412 g/mol. The number of nitrogens with one attached hydrogen (secondary N) is 2. The van der Waals surface area contributed by atoms with Crippen LogP contribution in [0.25, 0.3) is 0 Å². The maximum Gasteiger partial charge on any atom is 0.341 e. The molecule has 25 heavy (non-hydrogen) atoms. The van der Waals surface area contributed by atoms with E-state index >= 15 is 0 Å². The first kappa shape index (κ1) is 19.2. The summed E-state index contributed by atoms with van der Waals surface area (Å²) in [6, 6.07) is 4.47. The van der Waals surface area contributed by atoms with E-state index in [1.54, 1.807) is 32.0 Å². The van der Waals surface area contributed by atoms with Crippen LogP contribution in [0.15, 0.2) is 33.9 Å². The van der Waals surface area contributed by atoms with Gasteiger partial charge in [-0.1, -0.05) is 15.9 Å². The van der Waals surface area contributed by atoms with Crippen LogP contribution in [-0.2, 0) is 14.3 Å². The van der Waals surface area contributed by atoms with Crippen LogP contribution in [0.3, 0.4) is 0 Å². The van der Waals surface area contributed by atoms with Crippen LogP contribution in [0, 0.1) is 0 Å². The van der Waals surface area contributed by atoms with Crippen molar-refractivity contribution in [3.8, 4) is 5.75 Å². The summed E-state index contributed by atoms with van der Waals surface area (Å²) >= 11 is 8.57. The molecule has 1 aliphatic heterocycles. The van der Waals surface area contributed by atoms with E-state index in [0.29, 0.717) is 27.7 Å². The number of hydrogen-bond acceptors (Lipinski definition) is 5. The van der Waals surface area contributed by atoms with Crippen molar-refractivity contribution in [1.29, 1.82) is 0 Å². The van der Waals surface area contributed by atoms with Gasteiger partial charge in [-0.25, -0.2) is 9.59 Å². The number of allylic oxidation sites excluding steroid dienone is 1. The molecule has 0 amide bonds. The first-order valence-corrected chi connectivity index (χ1v) is 8.63. The monoisotopic (exact) mass is 428 g/mol. The van der Waals surface area contributed by atoms with Crippen LogP contribution < -0.4 is 15.4 Å². The molecule has 2 rings (SSSR count). The lowest BCUT2D eigenvalue weighted by Gasteiger charge is -2.30. The van der Waals surface area contributed by atoms with Gasteiger partial charge in [0.2, 0.25) is 0 Å². The third-order valence-corrected chi connectivity index (χ3v) is 4.11. The zero-order chi connectivity index (χ0) is 18.6. The van der Waals surface area contributed by atoms with Crippen LogP contribution >= 0.6 is 28.1 Å². The molecule has 0 aliphatic carbocycles. The lowest BCUT2D eigenvalue weighted by Crippen LogP contribution is -2.45. The molecule has 134 valence electrons. The summed E-state index contributed by atoms with van der Waals surface area (Å²) in [5, 5.41) is 15.1. The Hall–Kier alpha value is -2.13. The second-order valence-electron chi connectivity index (χ2n) is 5.16. The molecule has 0 saturated heterocycles. The predicted octanol–water partition coefficient (Wildman–Crippen LogP) is 2.27. The molecule has 1 aromatic carbocycles. The summed E-state index contributed by atoms with van der Waals surface area (Å²) in [5.74, 6) is -1.25. The summed E-state index contributed by atoms with van der Waals surface area (Å²) in [5.41, 5.74) is 1.49. The zero-order valence-electron chi connectivity index (χ0n) is 13.6. The Morgan fingerprint density at radius 2 is 2.12 bits per heavy atom. The fraction of sp³-hybridized carbons (Fsp3) is 0.312. The van der Waals surface area contributed by atoms with E-state index in [4.69, 9.17) is 26.8 Å². The van der Waals surface area contributed by atoms with E-state index in [1.165, 1.54) is 0 Å². The van der Waals surface area contributed by atoms with Gasteiger partial charge in [0.15, 0.2) is 11.7 Å². The number of carbonyl (C=O) groups is 2. The Balaban J connectivity index is 2.50. The number of esters is 1. The maximum absolute atomic E-state index is 12.4. The standard InChI is InChI=1S/C16H17BrN2O5S/c1-3-23-15(22)13-8(2)18-16(25)19-14(13)10-6-9(17)4-5-11(10)24-7-12(20)21/h4-6,14H,3,7H2,1-2H3,(H,20,21)(H2,18,19,25)/t14-/m0/s1. The number of aliphatic carboxylic acids is 1. The van der Waals surface area contributed by atoms with Gasteiger partial charge in [-0.3, -0.25) is 0 Å². The highest BCUT2D eigenvalue weighted by atomic mass is 79.9. The summed E-state index contributed by atoms with van der Waals surface area (Å²) < 4.78 is 11.3. The van der Waals surface area contributed by atoms with Crippen molar-refractivity contribution in [2.45, 2.75) is 19.9 Å². The number of ether oxygens (including phenoxy) is 2. The van der Waals surface area contributed by atoms with Gasteiger partial charge < -0.3 is 25.2 Å². The van der Waals surface area contributed by atoms with Gasteiger partial charge in [0.1, 0.15) is 5.75 Å². The minimum atomic E-state index is -1.10. The van der Waals surface area contributed by atoms with E-state index in [9.17, 15) is 9.59 Å².